The molecule has 0 spiro atoms. The van der Waals surface area contributed by atoms with Crippen LogP contribution >= 0.6 is 0 Å². The number of hydrogen-bond donors (Lipinski definition) is 1. The molecular formula is C14H21FN2. The molecule has 94 valence electrons. The Bertz CT molecular complexity index is 392. The number of benzene rings is 1. The lowest BCUT2D eigenvalue weighted by Gasteiger charge is -2.30. The minimum Gasteiger partial charge on any atom is -0.366 e. The van der Waals surface area contributed by atoms with Crippen molar-refractivity contribution in [3.63, 3.8) is 0 Å². The van der Waals surface area contributed by atoms with Gasteiger partial charge in [-0.3, -0.25) is 0 Å². The lowest BCUT2D eigenvalue weighted by atomic mass is 10.1. The fourth-order valence-electron chi connectivity index (χ4n) is 2.80. The lowest BCUT2D eigenvalue weighted by Crippen LogP contribution is -2.34. The standard InChI is InChI=1S/C14H21FN2/c1-3-12-6-4-10(2)17(12)13-7-5-11(9-16)14(15)8-13/h5,7-8,10,12H,3-4,6,9,16H2,1-2H3. The van der Waals surface area contributed by atoms with Crippen LogP contribution in [-0.4, -0.2) is 12.1 Å². The van der Waals surface area contributed by atoms with Crippen LogP contribution in [0.15, 0.2) is 18.2 Å². The molecule has 0 aromatic heterocycles. The van der Waals surface area contributed by atoms with Gasteiger partial charge >= 0.3 is 0 Å². The third-order valence-electron chi connectivity index (χ3n) is 3.81. The zero-order valence-electron chi connectivity index (χ0n) is 10.6. The molecule has 0 aliphatic carbocycles. The Hall–Kier alpha value is -1.09. The molecule has 1 aromatic rings. The van der Waals surface area contributed by atoms with Crippen molar-refractivity contribution in [1.29, 1.82) is 0 Å². The number of nitrogens with two attached hydrogens (primary N) is 1. The molecule has 17 heavy (non-hydrogen) atoms. The van der Waals surface area contributed by atoms with E-state index < -0.39 is 0 Å². The van der Waals surface area contributed by atoms with E-state index in [1.165, 1.54) is 12.8 Å². The molecule has 1 saturated heterocycles. The van der Waals surface area contributed by atoms with Crippen molar-refractivity contribution < 1.29 is 4.39 Å². The third-order valence-corrected chi connectivity index (χ3v) is 3.81. The summed E-state index contributed by atoms with van der Waals surface area (Å²) < 4.78 is 13.8. The molecule has 1 fully saturated rings. The molecule has 0 saturated carbocycles. The second kappa shape index (κ2) is 5.05. The summed E-state index contributed by atoms with van der Waals surface area (Å²) in [6.07, 6.45) is 3.52. The molecule has 1 aliphatic heterocycles. The minimum atomic E-state index is -0.182. The second-order valence-electron chi connectivity index (χ2n) is 4.88. The third kappa shape index (κ3) is 2.29. The lowest BCUT2D eigenvalue weighted by molar-refractivity contribution is 0.599. The minimum absolute atomic E-state index is 0.182. The van der Waals surface area contributed by atoms with E-state index in [1.807, 2.05) is 12.1 Å². The van der Waals surface area contributed by atoms with Crippen molar-refractivity contribution >= 4 is 5.69 Å². The van der Waals surface area contributed by atoms with Crippen molar-refractivity contribution in [1.82, 2.24) is 0 Å². The monoisotopic (exact) mass is 236 g/mol. The number of anilines is 1. The predicted molar refractivity (Wildman–Crippen MR) is 69.5 cm³/mol. The van der Waals surface area contributed by atoms with Gasteiger partial charge in [0.1, 0.15) is 5.82 Å². The Labute approximate surface area is 103 Å². The highest BCUT2D eigenvalue weighted by Gasteiger charge is 2.29. The van der Waals surface area contributed by atoms with Gasteiger partial charge < -0.3 is 10.6 Å². The summed E-state index contributed by atoms with van der Waals surface area (Å²) in [7, 11) is 0. The summed E-state index contributed by atoms with van der Waals surface area (Å²) in [5.74, 6) is -0.182. The molecule has 0 amide bonds. The number of rotatable bonds is 3. The quantitative estimate of drug-likeness (QED) is 0.874. The van der Waals surface area contributed by atoms with Crippen molar-refractivity contribution in [2.75, 3.05) is 4.90 Å². The Morgan fingerprint density at radius 1 is 1.41 bits per heavy atom. The van der Waals surface area contributed by atoms with Crippen LogP contribution in [0.4, 0.5) is 10.1 Å². The zero-order chi connectivity index (χ0) is 12.4. The Morgan fingerprint density at radius 3 is 2.76 bits per heavy atom. The van der Waals surface area contributed by atoms with E-state index in [9.17, 15) is 4.39 Å². The van der Waals surface area contributed by atoms with Gasteiger partial charge in [-0.15, -0.1) is 0 Å². The van der Waals surface area contributed by atoms with E-state index in [0.717, 1.165) is 12.1 Å². The summed E-state index contributed by atoms with van der Waals surface area (Å²) >= 11 is 0. The van der Waals surface area contributed by atoms with Gasteiger partial charge in [-0.25, -0.2) is 4.39 Å². The van der Waals surface area contributed by atoms with E-state index in [2.05, 4.69) is 18.7 Å². The first-order valence-corrected chi connectivity index (χ1v) is 6.44. The van der Waals surface area contributed by atoms with Crippen molar-refractivity contribution in [3.05, 3.63) is 29.6 Å². The molecule has 2 N–H and O–H groups in total. The van der Waals surface area contributed by atoms with E-state index in [4.69, 9.17) is 5.73 Å². The topological polar surface area (TPSA) is 29.3 Å². The van der Waals surface area contributed by atoms with Gasteiger partial charge in [0.05, 0.1) is 0 Å². The highest BCUT2D eigenvalue weighted by atomic mass is 19.1. The SMILES string of the molecule is CCC1CCC(C)N1c1ccc(CN)c(F)c1. The fraction of sp³-hybridized carbons (Fsp3) is 0.571. The zero-order valence-corrected chi connectivity index (χ0v) is 10.6. The molecule has 2 rings (SSSR count). The van der Waals surface area contributed by atoms with Gasteiger partial charge in [0.2, 0.25) is 0 Å². The van der Waals surface area contributed by atoms with Gasteiger partial charge in [-0.2, -0.15) is 0 Å². The maximum Gasteiger partial charge on any atom is 0.129 e. The summed E-state index contributed by atoms with van der Waals surface area (Å²) in [6.45, 7) is 4.67. The van der Waals surface area contributed by atoms with Crippen LogP contribution in [-0.2, 0) is 6.54 Å². The van der Waals surface area contributed by atoms with Crippen LogP contribution in [0.25, 0.3) is 0 Å². The van der Waals surface area contributed by atoms with Gasteiger partial charge in [-0.05, 0) is 38.3 Å². The highest BCUT2D eigenvalue weighted by Crippen LogP contribution is 2.32. The molecule has 1 aromatic carbocycles. The highest BCUT2D eigenvalue weighted by molar-refractivity contribution is 5.51. The first-order chi connectivity index (χ1) is 8.17. The van der Waals surface area contributed by atoms with Gasteiger partial charge in [0, 0.05) is 29.9 Å². The van der Waals surface area contributed by atoms with E-state index in [-0.39, 0.29) is 12.4 Å². The van der Waals surface area contributed by atoms with E-state index in [0.29, 0.717) is 17.6 Å². The first kappa shape index (κ1) is 12.4. The van der Waals surface area contributed by atoms with Gasteiger partial charge in [0.15, 0.2) is 0 Å². The van der Waals surface area contributed by atoms with Crippen LogP contribution < -0.4 is 10.6 Å². The van der Waals surface area contributed by atoms with Crippen LogP contribution in [0.3, 0.4) is 0 Å². The van der Waals surface area contributed by atoms with Crippen molar-refractivity contribution in [2.45, 2.75) is 51.7 Å². The van der Waals surface area contributed by atoms with Crippen molar-refractivity contribution in [2.24, 2.45) is 5.73 Å². The molecular weight excluding hydrogens is 215 g/mol. The molecule has 0 bridgehead atoms. The van der Waals surface area contributed by atoms with Crippen LogP contribution in [0, 0.1) is 5.82 Å². The van der Waals surface area contributed by atoms with E-state index >= 15 is 0 Å². The van der Waals surface area contributed by atoms with Crippen LogP contribution in [0.2, 0.25) is 0 Å². The van der Waals surface area contributed by atoms with Gasteiger partial charge in [0.25, 0.3) is 0 Å². The fourth-order valence-corrected chi connectivity index (χ4v) is 2.80. The number of nitrogens with zero attached hydrogens (tertiary/aromatic N) is 1. The molecule has 1 aliphatic rings. The Kier molecular flexibility index (Phi) is 3.67. The predicted octanol–water partition coefficient (Wildman–Crippen LogP) is 3.05. The second-order valence-corrected chi connectivity index (χ2v) is 4.88. The molecule has 2 atom stereocenters. The Balaban J connectivity index is 2.29. The average molecular weight is 236 g/mol. The largest absolute Gasteiger partial charge is 0.366 e. The molecule has 1 heterocycles. The maximum atomic E-state index is 13.8. The van der Waals surface area contributed by atoms with Crippen LogP contribution in [0.5, 0.6) is 0 Å². The summed E-state index contributed by atoms with van der Waals surface area (Å²) in [5, 5.41) is 0. The normalized spacial score (nSPS) is 24.4. The van der Waals surface area contributed by atoms with Crippen LogP contribution in [0.1, 0.15) is 38.7 Å². The van der Waals surface area contributed by atoms with E-state index in [1.54, 1.807) is 6.07 Å². The average Bonchev–Trinajstić information content (AvgIpc) is 2.70. The van der Waals surface area contributed by atoms with Crippen molar-refractivity contribution in [3.8, 4) is 0 Å². The number of halogens is 1. The molecule has 2 nitrogen and oxygen atoms in total. The summed E-state index contributed by atoms with van der Waals surface area (Å²) in [6, 6.07) is 6.49. The molecule has 2 unspecified atom stereocenters. The summed E-state index contributed by atoms with van der Waals surface area (Å²) in [4.78, 5) is 2.35. The number of hydrogen-bond acceptors (Lipinski definition) is 2. The molecule has 0 radical (unpaired) electrons. The smallest absolute Gasteiger partial charge is 0.129 e. The first-order valence-electron chi connectivity index (χ1n) is 6.44. The maximum absolute atomic E-state index is 13.8. The Morgan fingerprint density at radius 2 is 2.18 bits per heavy atom. The summed E-state index contributed by atoms with van der Waals surface area (Å²) in [5.41, 5.74) is 7.07. The molecule has 3 heteroatoms. The van der Waals surface area contributed by atoms with Gasteiger partial charge in [-0.1, -0.05) is 13.0 Å².